The van der Waals surface area contributed by atoms with Gasteiger partial charge in [-0.1, -0.05) is 11.6 Å². The molecule has 1 aliphatic rings. The van der Waals surface area contributed by atoms with Crippen molar-refractivity contribution in [1.29, 1.82) is 0 Å². The van der Waals surface area contributed by atoms with Gasteiger partial charge in [-0.05, 0) is 31.0 Å². The van der Waals surface area contributed by atoms with Crippen LogP contribution in [0.4, 0.5) is 4.39 Å². The predicted octanol–water partition coefficient (Wildman–Crippen LogP) is 2.84. The van der Waals surface area contributed by atoms with Gasteiger partial charge in [0.15, 0.2) is 5.78 Å². The molecule has 2 rings (SSSR count). The van der Waals surface area contributed by atoms with Gasteiger partial charge in [0, 0.05) is 12.2 Å². The third-order valence-electron chi connectivity index (χ3n) is 2.42. The Morgan fingerprint density at radius 3 is 3.00 bits per heavy atom. The summed E-state index contributed by atoms with van der Waals surface area (Å²) in [4.78, 5) is 11.8. The molecule has 0 N–H and O–H groups in total. The number of carbonyl (C=O) groups is 1. The average molecular weight is 229 g/mol. The second-order valence-corrected chi connectivity index (χ2v) is 3.90. The van der Waals surface area contributed by atoms with Crippen LogP contribution >= 0.6 is 11.6 Å². The van der Waals surface area contributed by atoms with Crippen LogP contribution in [0.25, 0.3) is 0 Å². The number of ketones is 1. The SMILES string of the molecule is O=C(c1cc(F)ccc1Cl)C1CCCO1. The van der Waals surface area contributed by atoms with E-state index in [1.54, 1.807) is 0 Å². The molecule has 1 aromatic rings. The molecular formula is C11H10ClFO2. The molecule has 1 aliphatic heterocycles. The molecule has 1 saturated heterocycles. The minimum Gasteiger partial charge on any atom is -0.370 e. The third kappa shape index (κ3) is 2.19. The number of benzene rings is 1. The fourth-order valence-electron chi connectivity index (χ4n) is 1.64. The molecule has 1 unspecified atom stereocenters. The topological polar surface area (TPSA) is 26.3 Å². The number of carbonyl (C=O) groups excluding carboxylic acids is 1. The summed E-state index contributed by atoms with van der Waals surface area (Å²) in [6, 6.07) is 3.78. The Kier molecular flexibility index (Phi) is 3.03. The summed E-state index contributed by atoms with van der Waals surface area (Å²) < 4.78 is 18.2. The van der Waals surface area contributed by atoms with Gasteiger partial charge in [0.1, 0.15) is 11.9 Å². The van der Waals surface area contributed by atoms with Gasteiger partial charge in [-0.15, -0.1) is 0 Å². The maximum atomic E-state index is 12.9. The van der Waals surface area contributed by atoms with Gasteiger partial charge in [0.05, 0.1) is 5.02 Å². The molecule has 1 fully saturated rings. The van der Waals surface area contributed by atoms with Crippen LogP contribution in [-0.4, -0.2) is 18.5 Å². The van der Waals surface area contributed by atoms with Crippen LogP contribution in [0.3, 0.4) is 0 Å². The van der Waals surface area contributed by atoms with Crippen LogP contribution in [0.5, 0.6) is 0 Å². The number of halogens is 2. The smallest absolute Gasteiger partial charge is 0.193 e. The second-order valence-electron chi connectivity index (χ2n) is 3.49. The zero-order valence-corrected chi connectivity index (χ0v) is 8.76. The van der Waals surface area contributed by atoms with E-state index in [-0.39, 0.29) is 16.4 Å². The summed E-state index contributed by atoms with van der Waals surface area (Å²) in [6.45, 7) is 0.587. The molecule has 2 nitrogen and oxygen atoms in total. The lowest BCUT2D eigenvalue weighted by molar-refractivity contribution is 0.0642. The van der Waals surface area contributed by atoms with Crippen molar-refractivity contribution in [2.45, 2.75) is 18.9 Å². The highest BCUT2D eigenvalue weighted by Gasteiger charge is 2.26. The van der Waals surface area contributed by atoms with Crippen molar-refractivity contribution >= 4 is 17.4 Å². The summed E-state index contributed by atoms with van der Waals surface area (Å²) in [5.41, 5.74) is 0.212. The fourth-order valence-corrected chi connectivity index (χ4v) is 1.85. The molecule has 1 heterocycles. The van der Waals surface area contributed by atoms with Crippen LogP contribution in [0.2, 0.25) is 5.02 Å². The summed E-state index contributed by atoms with van der Waals surface area (Å²) in [6.07, 6.45) is 1.10. The largest absolute Gasteiger partial charge is 0.370 e. The van der Waals surface area contributed by atoms with Crippen LogP contribution in [-0.2, 0) is 4.74 Å². The van der Waals surface area contributed by atoms with E-state index in [0.29, 0.717) is 13.0 Å². The van der Waals surface area contributed by atoms with Gasteiger partial charge >= 0.3 is 0 Å². The van der Waals surface area contributed by atoms with E-state index in [1.165, 1.54) is 12.1 Å². The first kappa shape index (κ1) is 10.6. The Labute approximate surface area is 92.0 Å². The van der Waals surface area contributed by atoms with E-state index in [0.717, 1.165) is 12.5 Å². The maximum absolute atomic E-state index is 12.9. The Balaban J connectivity index is 2.27. The van der Waals surface area contributed by atoms with E-state index in [2.05, 4.69) is 0 Å². The highest BCUT2D eigenvalue weighted by molar-refractivity contribution is 6.34. The Hall–Kier alpha value is -0.930. The van der Waals surface area contributed by atoms with E-state index in [4.69, 9.17) is 16.3 Å². The van der Waals surface area contributed by atoms with Crippen molar-refractivity contribution < 1.29 is 13.9 Å². The average Bonchev–Trinajstić information content (AvgIpc) is 2.74. The van der Waals surface area contributed by atoms with Crippen molar-refractivity contribution in [1.82, 2.24) is 0 Å². The zero-order chi connectivity index (χ0) is 10.8. The summed E-state index contributed by atoms with van der Waals surface area (Å²) >= 11 is 5.83. The van der Waals surface area contributed by atoms with Gasteiger partial charge < -0.3 is 4.74 Å². The predicted molar refractivity (Wildman–Crippen MR) is 54.7 cm³/mol. The van der Waals surface area contributed by atoms with Crippen molar-refractivity contribution in [3.63, 3.8) is 0 Å². The first-order valence-corrected chi connectivity index (χ1v) is 5.17. The number of ether oxygens (including phenoxy) is 1. The molecule has 0 aromatic heterocycles. The minimum absolute atomic E-state index is 0.212. The number of Topliss-reactive ketones (excluding diaryl/α,β-unsaturated/α-hetero) is 1. The molecule has 1 atom stereocenters. The lowest BCUT2D eigenvalue weighted by Crippen LogP contribution is -2.19. The molecule has 0 amide bonds. The Bertz CT molecular complexity index is 386. The first-order chi connectivity index (χ1) is 7.18. The van der Waals surface area contributed by atoms with E-state index in [1.807, 2.05) is 0 Å². The van der Waals surface area contributed by atoms with Gasteiger partial charge in [-0.2, -0.15) is 0 Å². The van der Waals surface area contributed by atoms with Gasteiger partial charge in [0.2, 0.25) is 0 Å². The van der Waals surface area contributed by atoms with Crippen LogP contribution in [0.1, 0.15) is 23.2 Å². The quantitative estimate of drug-likeness (QED) is 0.728. The van der Waals surface area contributed by atoms with E-state index < -0.39 is 11.9 Å². The lowest BCUT2D eigenvalue weighted by Gasteiger charge is -2.09. The molecular weight excluding hydrogens is 219 g/mol. The number of hydrogen-bond donors (Lipinski definition) is 0. The summed E-state index contributed by atoms with van der Waals surface area (Å²) in [5.74, 6) is -0.683. The Morgan fingerprint density at radius 1 is 1.53 bits per heavy atom. The molecule has 0 aliphatic carbocycles. The fraction of sp³-hybridized carbons (Fsp3) is 0.364. The van der Waals surface area contributed by atoms with Gasteiger partial charge in [0.25, 0.3) is 0 Å². The summed E-state index contributed by atoms with van der Waals surface area (Å²) in [5, 5.41) is 0.275. The standard InChI is InChI=1S/C11H10ClFO2/c12-9-4-3-7(13)6-8(9)11(14)10-2-1-5-15-10/h3-4,6,10H,1-2,5H2. The lowest BCUT2D eigenvalue weighted by atomic mass is 10.0. The highest BCUT2D eigenvalue weighted by atomic mass is 35.5. The molecule has 0 spiro atoms. The minimum atomic E-state index is -0.458. The molecule has 4 heteroatoms. The number of hydrogen-bond acceptors (Lipinski definition) is 2. The molecule has 0 saturated carbocycles. The third-order valence-corrected chi connectivity index (χ3v) is 2.75. The van der Waals surface area contributed by atoms with Gasteiger partial charge in [-0.3, -0.25) is 4.79 Å². The number of rotatable bonds is 2. The molecule has 80 valence electrons. The molecule has 0 radical (unpaired) electrons. The highest BCUT2D eigenvalue weighted by Crippen LogP contribution is 2.23. The van der Waals surface area contributed by atoms with E-state index >= 15 is 0 Å². The molecule has 15 heavy (non-hydrogen) atoms. The maximum Gasteiger partial charge on any atom is 0.193 e. The van der Waals surface area contributed by atoms with Crippen LogP contribution in [0.15, 0.2) is 18.2 Å². The van der Waals surface area contributed by atoms with E-state index in [9.17, 15) is 9.18 Å². The van der Waals surface area contributed by atoms with Crippen molar-refractivity contribution in [3.8, 4) is 0 Å². The van der Waals surface area contributed by atoms with Crippen molar-refractivity contribution in [2.24, 2.45) is 0 Å². The summed E-state index contributed by atoms with van der Waals surface area (Å²) in [7, 11) is 0. The zero-order valence-electron chi connectivity index (χ0n) is 8.00. The Morgan fingerprint density at radius 2 is 2.33 bits per heavy atom. The van der Waals surface area contributed by atoms with Crippen LogP contribution < -0.4 is 0 Å². The first-order valence-electron chi connectivity index (χ1n) is 4.79. The molecule has 0 bridgehead atoms. The van der Waals surface area contributed by atoms with Gasteiger partial charge in [-0.25, -0.2) is 4.39 Å². The normalized spacial score (nSPS) is 20.5. The monoisotopic (exact) mass is 228 g/mol. The van der Waals surface area contributed by atoms with Crippen molar-refractivity contribution in [3.05, 3.63) is 34.6 Å². The second kappa shape index (κ2) is 4.29. The van der Waals surface area contributed by atoms with Crippen LogP contribution in [0, 0.1) is 5.82 Å². The van der Waals surface area contributed by atoms with Crippen molar-refractivity contribution in [2.75, 3.05) is 6.61 Å². The molecule has 1 aromatic carbocycles.